The molecule has 0 spiro atoms. The lowest BCUT2D eigenvalue weighted by molar-refractivity contribution is -0.136. The van der Waals surface area contributed by atoms with Gasteiger partial charge in [-0.2, -0.15) is 0 Å². The Morgan fingerprint density at radius 1 is 1.20 bits per heavy atom. The summed E-state index contributed by atoms with van der Waals surface area (Å²) in [6.45, 7) is 0.844. The summed E-state index contributed by atoms with van der Waals surface area (Å²) >= 11 is 13.4. The number of aliphatic imine (C=N–C) groups is 1. The molecule has 40 heavy (non-hydrogen) atoms. The number of carbonyl (C=O) groups excluding carboxylic acids is 1. The number of ether oxygens (including phenoxy) is 1. The number of nitrogens with one attached hydrogen (secondary N) is 1. The van der Waals surface area contributed by atoms with E-state index in [1.165, 1.54) is 30.7 Å². The van der Waals surface area contributed by atoms with E-state index in [0.29, 0.717) is 42.5 Å². The summed E-state index contributed by atoms with van der Waals surface area (Å²) < 4.78 is 33.5. The van der Waals surface area contributed by atoms with Crippen LogP contribution in [0.5, 0.6) is 0 Å². The standard InChI is InChI=1S/C25H20Cl2F2N6O4S/c1-39-24(38)15-18(11-4-7-35(8-5-11)25-31-10-13(26)20(34-25)23(36)37)32-21(22-30-6-9-40-22)33-19(15)12-2-3-14(28)17(29)16(12)27/h2-3,6,9-11,19H,4-5,7-8H2,1H3,(H,32,33)(H,36,37). The molecular formula is C25H20Cl2F2N6O4S. The fourth-order valence-corrected chi connectivity index (χ4v) is 5.69. The minimum Gasteiger partial charge on any atom is -0.476 e. The van der Waals surface area contributed by atoms with Crippen molar-refractivity contribution in [2.24, 2.45) is 10.9 Å². The van der Waals surface area contributed by atoms with Gasteiger partial charge in [-0.15, -0.1) is 11.3 Å². The maximum absolute atomic E-state index is 14.5. The lowest BCUT2D eigenvalue weighted by Crippen LogP contribution is -2.42. The average Bonchev–Trinajstić information content (AvgIpc) is 3.50. The summed E-state index contributed by atoms with van der Waals surface area (Å²) in [6, 6.07) is 1.13. The summed E-state index contributed by atoms with van der Waals surface area (Å²) in [7, 11) is 1.22. The molecule has 1 unspecified atom stereocenters. The van der Waals surface area contributed by atoms with Crippen LogP contribution < -0.4 is 10.2 Å². The highest BCUT2D eigenvalue weighted by Gasteiger charge is 2.38. The van der Waals surface area contributed by atoms with Crippen LogP contribution in [-0.2, 0) is 9.53 Å². The molecule has 1 fully saturated rings. The number of aromatic carboxylic acids is 1. The zero-order valence-electron chi connectivity index (χ0n) is 20.7. The van der Waals surface area contributed by atoms with Gasteiger partial charge < -0.3 is 20.1 Å². The van der Waals surface area contributed by atoms with Crippen LogP contribution >= 0.6 is 34.5 Å². The average molecular weight is 609 g/mol. The molecule has 0 bridgehead atoms. The molecule has 4 heterocycles. The molecule has 5 rings (SSSR count). The quantitative estimate of drug-likeness (QED) is 0.303. The number of nitrogens with zero attached hydrogens (tertiary/aromatic N) is 5. The predicted octanol–water partition coefficient (Wildman–Crippen LogP) is 4.65. The third kappa shape index (κ3) is 5.23. The maximum atomic E-state index is 14.5. The Bertz CT molecular complexity index is 1540. The van der Waals surface area contributed by atoms with Crippen molar-refractivity contribution in [1.82, 2.24) is 20.3 Å². The van der Waals surface area contributed by atoms with Crippen LogP contribution in [0.3, 0.4) is 0 Å². The second-order valence-electron chi connectivity index (χ2n) is 8.86. The molecule has 208 valence electrons. The van der Waals surface area contributed by atoms with Crippen molar-refractivity contribution in [3.05, 3.63) is 79.1 Å². The Labute approximate surface area is 240 Å². The van der Waals surface area contributed by atoms with Crippen LogP contribution in [-0.4, -0.2) is 58.0 Å². The number of rotatable bonds is 6. The number of thiazole rings is 1. The number of carboxylic acid groups (broad SMARTS) is 1. The number of amidine groups is 1. The smallest absolute Gasteiger partial charge is 0.356 e. The summed E-state index contributed by atoms with van der Waals surface area (Å²) in [5.74, 6) is -4.00. The van der Waals surface area contributed by atoms with Gasteiger partial charge in [-0.1, -0.05) is 29.3 Å². The van der Waals surface area contributed by atoms with E-state index in [-0.39, 0.29) is 33.7 Å². The molecular weight excluding hydrogens is 589 g/mol. The van der Waals surface area contributed by atoms with Crippen LogP contribution in [0.25, 0.3) is 0 Å². The molecule has 1 atom stereocenters. The van der Waals surface area contributed by atoms with E-state index in [4.69, 9.17) is 27.9 Å². The van der Waals surface area contributed by atoms with Crippen LogP contribution in [0.15, 0.2) is 46.2 Å². The largest absolute Gasteiger partial charge is 0.476 e. The maximum Gasteiger partial charge on any atom is 0.356 e. The third-order valence-electron chi connectivity index (χ3n) is 6.59. The molecule has 2 aliphatic rings. The van der Waals surface area contributed by atoms with Crippen LogP contribution in [0, 0.1) is 17.6 Å². The fourth-order valence-electron chi connectivity index (χ4n) is 4.68. The summed E-state index contributed by atoms with van der Waals surface area (Å²) in [5, 5.41) is 14.3. The van der Waals surface area contributed by atoms with E-state index < -0.39 is 34.6 Å². The number of methoxy groups -OCH3 is 1. The van der Waals surface area contributed by atoms with E-state index in [1.54, 1.807) is 11.6 Å². The predicted molar refractivity (Wildman–Crippen MR) is 144 cm³/mol. The minimum atomic E-state index is -1.27. The van der Waals surface area contributed by atoms with Crippen LogP contribution in [0.2, 0.25) is 10.0 Å². The summed E-state index contributed by atoms with van der Waals surface area (Å²) in [5.41, 5.74) is 0.419. The van der Waals surface area contributed by atoms with Gasteiger partial charge in [0, 0.05) is 41.8 Å². The van der Waals surface area contributed by atoms with Gasteiger partial charge in [0.1, 0.15) is 6.04 Å². The summed E-state index contributed by atoms with van der Waals surface area (Å²) in [4.78, 5) is 43.7. The number of hydrogen-bond donors (Lipinski definition) is 2. The molecule has 0 radical (unpaired) electrons. The Hall–Kier alpha value is -3.68. The highest BCUT2D eigenvalue weighted by molar-refractivity contribution is 7.11. The first kappa shape index (κ1) is 27.9. The first-order valence-electron chi connectivity index (χ1n) is 11.9. The van der Waals surface area contributed by atoms with Crippen LogP contribution in [0.4, 0.5) is 14.7 Å². The molecule has 0 saturated carbocycles. The molecule has 1 saturated heterocycles. The number of aromatic nitrogens is 3. The van der Waals surface area contributed by atoms with Gasteiger partial charge >= 0.3 is 11.9 Å². The third-order valence-corrected chi connectivity index (χ3v) is 8.04. The molecule has 2 aromatic heterocycles. The highest BCUT2D eigenvalue weighted by atomic mass is 35.5. The van der Waals surface area contributed by atoms with E-state index in [0.717, 1.165) is 6.07 Å². The number of halogens is 4. The van der Waals surface area contributed by atoms with Crippen molar-refractivity contribution >= 4 is 58.3 Å². The normalized spacial score (nSPS) is 17.9. The fraction of sp³-hybridized carbons (Fsp3) is 0.280. The number of carboxylic acids is 1. The molecule has 0 amide bonds. The van der Waals surface area contributed by atoms with E-state index >= 15 is 0 Å². The van der Waals surface area contributed by atoms with Gasteiger partial charge in [-0.05, 0) is 18.9 Å². The molecule has 2 aliphatic heterocycles. The van der Waals surface area contributed by atoms with Crippen molar-refractivity contribution in [3.63, 3.8) is 0 Å². The molecule has 2 N–H and O–H groups in total. The zero-order valence-corrected chi connectivity index (χ0v) is 23.0. The van der Waals surface area contributed by atoms with Crippen molar-refractivity contribution < 1.29 is 28.2 Å². The molecule has 1 aromatic carbocycles. The molecule has 15 heteroatoms. The number of esters is 1. The Balaban J connectivity index is 1.53. The first-order chi connectivity index (χ1) is 19.2. The first-order valence-corrected chi connectivity index (χ1v) is 13.5. The molecule has 0 aliphatic carbocycles. The SMILES string of the molecule is COC(=O)C1=C(C2CCN(c3ncc(Cl)c(C(=O)O)n3)CC2)NC(c2nccs2)=NC1c1ccc(F)c(F)c1Cl. The lowest BCUT2D eigenvalue weighted by atomic mass is 9.85. The van der Waals surface area contributed by atoms with Crippen molar-refractivity contribution in [2.45, 2.75) is 18.9 Å². The topological polar surface area (TPSA) is 130 Å². The Morgan fingerprint density at radius 2 is 1.95 bits per heavy atom. The number of carbonyl (C=O) groups is 2. The van der Waals surface area contributed by atoms with E-state index in [9.17, 15) is 23.5 Å². The highest BCUT2D eigenvalue weighted by Crippen LogP contribution is 2.41. The second-order valence-corrected chi connectivity index (χ2v) is 10.5. The molecule has 3 aromatic rings. The lowest BCUT2D eigenvalue weighted by Gasteiger charge is -2.36. The van der Waals surface area contributed by atoms with Gasteiger partial charge in [-0.3, -0.25) is 4.99 Å². The monoisotopic (exact) mass is 608 g/mol. The number of hydrogen-bond acceptors (Lipinski definition) is 10. The molecule has 10 nitrogen and oxygen atoms in total. The number of allylic oxidation sites excluding steroid dienone is 1. The van der Waals surface area contributed by atoms with Gasteiger partial charge in [0.15, 0.2) is 28.2 Å². The van der Waals surface area contributed by atoms with E-state index in [2.05, 4.69) is 25.3 Å². The van der Waals surface area contributed by atoms with Crippen molar-refractivity contribution in [1.29, 1.82) is 0 Å². The van der Waals surface area contributed by atoms with Crippen molar-refractivity contribution in [3.8, 4) is 0 Å². The number of anilines is 1. The van der Waals surface area contributed by atoms with E-state index in [1.807, 2.05) is 4.90 Å². The van der Waals surface area contributed by atoms with Gasteiger partial charge in [0.05, 0.1) is 28.9 Å². The Morgan fingerprint density at radius 3 is 2.60 bits per heavy atom. The van der Waals surface area contributed by atoms with Crippen LogP contribution in [0.1, 0.15) is 39.9 Å². The van der Waals surface area contributed by atoms with Gasteiger partial charge in [0.2, 0.25) is 5.95 Å². The van der Waals surface area contributed by atoms with Gasteiger partial charge in [-0.25, -0.2) is 33.3 Å². The second kappa shape index (κ2) is 11.4. The van der Waals surface area contributed by atoms with Crippen molar-refractivity contribution in [2.75, 3.05) is 25.1 Å². The number of piperidine rings is 1. The zero-order chi connectivity index (χ0) is 28.6. The minimum absolute atomic E-state index is 0.0682. The summed E-state index contributed by atoms with van der Waals surface area (Å²) in [6.07, 6.45) is 3.84. The Kier molecular flexibility index (Phi) is 7.97. The van der Waals surface area contributed by atoms with Gasteiger partial charge in [0.25, 0.3) is 0 Å². The number of benzene rings is 1.